The molecule has 0 amide bonds. The first kappa shape index (κ1) is 12.0. The van der Waals surface area contributed by atoms with Crippen molar-refractivity contribution in [2.24, 2.45) is 0 Å². The van der Waals surface area contributed by atoms with Crippen LogP contribution in [0.4, 0.5) is 0 Å². The molecule has 0 aromatic heterocycles. The van der Waals surface area contributed by atoms with Crippen LogP contribution in [0.5, 0.6) is 0 Å². The summed E-state index contributed by atoms with van der Waals surface area (Å²) < 4.78 is 0. The second kappa shape index (κ2) is 5.21. The molecule has 1 aliphatic heterocycles. The molecule has 16 heavy (non-hydrogen) atoms. The number of thioether (sulfide) groups is 1. The van der Waals surface area contributed by atoms with E-state index in [2.05, 4.69) is 49.6 Å². The lowest BCUT2D eigenvalue weighted by Crippen LogP contribution is -3.02. The van der Waals surface area contributed by atoms with Gasteiger partial charge in [0, 0.05) is 5.75 Å². The standard InChI is InChI=1S/C13H20N2S/c1-9-4-5-12(6-10(9)2)8-16-13-14-7-11(3)15-13/h4-6,11,13-15H,7-8H2,1-3H3/p+2/t11-,13+/m1/s1. The summed E-state index contributed by atoms with van der Waals surface area (Å²) in [7, 11) is 0. The predicted molar refractivity (Wildman–Crippen MR) is 69.2 cm³/mol. The lowest BCUT2D eigenvalue weighted by Gasteiger charge is -2.07. The highest BCUT2D eigenvalue weighted by atomic mass is 32.2. The van der Waals surface area contributed by atoms with Gasteiger partial charge in [-0.3, -0.25) is 10.6 Å². The van der Waals surface area contributed by atoms with Crippen LogP contribution in [0.15, 0.2) is 18.2 Å². The number of hydrogen-bond donors (Lipinski definition) is 2. The molecule has 2 nitrogen and oxygen atoms in total. The van der Waals surface area contributed by atoms with Crippen molar-refractivity contribution < 1.29 is 10.6 Å². The van der Waals surface area contributed by atoms with Gasteiger partial charge in [-0.1, -0.05) is 18.2 Å². The number of aryl methyl sites for hydroxylation is 2. The van der Waals surface area contributed by atoms with E-state index in [0.29, 0.717) is 5.50 Å². The van der Waals surface area contributed by atoms with E-state index in [4.69, 9.17) is 0 Å². The zero-order valence-electron chi connectivity index (χ0n) is 10.4. The van der Waals surface area contributed by atoms with E-state index in [1.807, 2.05) is 11.8 Å². The van der Waals surface area contributed by atoms with Crippen molar-refractivity contribution in [3.63, 3.8) is 0 Å². The fourth-order valence-corrected chi connectivity index (χ4v) is 3.23. The average Bonchev–Trinajstić information content (AvgIpc) is 2.66. The smallest absolute Gasteiger partial charge is 0.259 e. The molecular weight excluding hydrogens is 216 g/mol. The molecule has 2 atom stereocenters. The number of quaternary nitrogens is 2. The summed E-state index contributed by atoms with van der Waals surface area (Å²) in [4.78, 5) is 0. The van der Waals surface area contributed by atoms with Crippen LogP contribution in [-0.4, -0.2) is 18.1 Å². The quantitative estimate of drug-likeness (QED) is 0.783. The van der Waals surface area contributed by atoms with E-state index in [1.54, 1.807) is 0 Å². The van der Waals surface area contributed by atoms with Crippen molar-refractivity contribution >= 4 is 11.8 Å². The Morgan fingerprint density at radius 3 is 2.75 bits per heavy atom. The molecule has 0 radical (unpaired) electrons. The third-order valence-electron chi connectivity index (χ3n) is 3.27. The van der Waals surface area contributed by atoms with Crippen molar-refractivity contribution in [2.75, 3.05) is 6.54 Å². The third-order valence-corrected chi connectivity index (χ3v) is 4.51. The Kier molecular flexibility index (Phi) is 3.90. The fourth-order valence-electron chi connectivity index (χ4n) is 2.04. The number of hydrogen-bond acceptors (Lipinski definition) is 1. The van der Waals surface area contributed by atoms with Crippen LogP contribution in [-0.2, 0) is 5.75 Å². The molecule has 1 aliphatic rings. The molecule has 4 N–H and O–H groups in total. The number of benzene rings is 1. The van der Waals surface area contributed by atoms with Crippen LogP contribution >= 0.6 is 11.8 Å². The van der Waals surface area contributed by atoms with Crippen molar-refractivity contribution in [3.8, 4) is 0 Å². The van der Waals surface area contributed by atoms with Gasteiger partial charge in [0.2, 0.25) is 0 Å². The molecule has 0 spiro atoms. The maximum atomic E-state index is 2.46. The van der Waals surface area contributed by atoms with Gasteiger partial charge in [-0.25, -0.2) is 0 Å². The summed E-state index contributed by atoms with van der Waals surface area (Å²) in [5.41, 5.74) is 4.92. The molecule has 1 saturated heterocycles. The molecule has 0 unspecified atom stereocenters. The minimum Gasteiger partial charge on any atom is -0.283 e. The first-order chi connectivity index (χ1) is 7.65. The SMILES string of the molecule is Cc1ccc(CS[C@H]2[NH2+]C[C@@H](C)[NH2+]2)cc1C. The second-order valence-corrected chi connectivity index (χ2v) is 6.00. The van der Waals surface area contributed by atoms with Gasteiger partial charge in [0.05, 0.1) is 0 Å². The zero-order chi connectivity index (χ0) is 11.5. The molecule has 88 valence electrons. The molecule has 0 bridgehead atoms. The first-order valence-electron chi connectivity index (χ1n) is 6.01. The van der Waals surface area contributed by atoms with E-state index in [0.717, 1.165) is 11.8 Å². The predicted octanol–water partition coefficient (Wildman–Crippen LogP) is 0.349. The van der Waals surface area contributed by atoms with Gasteiger partial charge in [-0.05, 0) is 49.2 Å². The van der Waals surface area contributed by atoms with Crippen LogP contribution in [0.1, 0.15) is 23.6 Å². The highest BCUT2D eigenvalue weighted by Crippen LogP contribution is 2.16. The summed E-state index contributed by atoms with van der Waals surface area (Å²) in [6.07, 6.45) is 0. The first-order valence-corrected chi connectivity index (χ1v) is 7.06. The van der Waals surface area contributed by atoms with E-state index in [1.165, 1.54) is 23.2 Å². The Morgan fingerprint density at radius 2 is 2.12 bits per heavy atom. The lowest BCUT2D eigenvalue weighted by atomic mass is 10.1. The van der Waals surface area contributed by atoms with Gasteiger partial charge in [0.25, 0.3) is 5.50 Å². The van der Waals surface area contributed by atoms with E-state index in [-0.39, 0.29) is 0 Å². The van der Waals surface area contributed by atoms with Crippen LogP contribution in [0.25, 0.3) is 0 Å². The maximum absolute atomic E-state index is 2.46. The molecule has 2 rings (SSSR count). The van der Waals surface area contributed by atoms with Crippen molar-refractivity contribution in [2.45, 2.75) is 38.1 Å². The normalized spacial score (nSPS) is 24.9. The summed E-state index contributed by atoms with van der Waals surface area (Å²) in [5.74, 6) is 1.13. The van der Waals surface area contributed by atoms with Crippen molar-refractivity contribution in [3.05, 3.63) is 34.9 Å². The fraction of sp³-hybridized carbons (Fsp3) is 0.538. The minimum atomic E-state index is 0.664. The maximum Gasteiger partial charge on any atom is 0.259 e. The third kappa shape index (κ3) is 3.00. The number of rotatable bonds is 3. The molecule has 0 aliphatic carbocycles. The molecule has 0 saturated carbocycles. The summed E-state index contributed by atoms with van der Waals surface area (Å²) in [6, 6.07) is 7.59. The van der Waals surface area contributed by atoms with Gasteiger partial charge in [0.15, 0.2) is 0 Å². The van der Waals surface area contributed by atoms with Crippen molar-refractivity contribution in [1.82, 2.24) is 0 Å². The zero-order valence-corrected chi connectivity index (χ0v) is 11.2. The second-order valence-electron chi connectivity index (χ2n) is 4.84. The highest BCUT2D eigenvalue weighted by molar-refractivity contribution is 7.98. The average molecular weight is 238 g/mol. The van der Waals surface area contributed by atoms with Crippen LogP contribution in [0, 0.1) is 13.8 Å². The van der Waals surface area contributed by atoms with E-state index < -0.39 is 0 Å². The topological polar surface area (TPSA) is 33.2 Å². The van der Waals surface area contributed by atoms with Gasteiger partial charge in [-0.2, -0.15) is 0 Å². The van der Waals surface area contributed by atoms with Gasteiger partial charge >= 0.3 is 0 Å². The Labute approximate surface area is 102 Å². The largest absolute Gasteiger partial charge is 0.283 e. The van der Waals surface area contributed by atoms with Gasteiger partial charge in [0.1, 0.15) is 12.6 Å². The molecular formula is C13H22N2S+2. The Balaban J connectivity index is 1.87. The van der Waals surface area contributed by atoms with Crippen LogP contribution in [0.3, 0.4) is 0 Å². The highest BCUT2D eigenvalue weighted by Gasteiger charge is 2.27. The molecule has 1 fully saturated rings. The lowest BCUT2D eigenvalue weighted by molar-refractivity contribution is -0.812. The van der Waals surface area contributed by atoms with Crippen molar-refractivity contribution in [1.29, 1.82) is 0 Å². The number of nitrogens with two attached hydrogens (primary N) is 2. The molecule has 1 aromatic carbocycles. The Morgan fingerprint density at radius 1 is 1.31 bits per heavy atom. The summed E-state index contributed by atoms with van der Waals surface area (Å²) in [5, 5.41) is 4.90. The summed E-state index contributed by atoms with van der Waals surface area (Å²) >= 11 is 2.04. The molecule has 3 heteroatoms. The van der Waals surface area contributed by atoms with E-state index in [9.17, 15) is 0 Å². The Hall–Kier alpha value is -0.510. The summed E-state index contributed by atoms with van der Waals surface area (Å²) in [6.45, 7) is 7.92. The van der Waals surface area contributed by atoms with Crippen LogP contribution in [0.2, 0.25) is 0 Å². The molecule has 1 aromatic rings. The van der Waals surface area contributed by atoms with Crippen LogP contribution < -0.4 is 10.6 Å². The minimum absolute atomic E-state index is 0.664. The van der Waals surface area contributed by atoms with Gasteiger partial charge < -0.3 is 0 Å². The molecule has 1 heterocycles. The monoisotopic (exact) mass is 238 g/mol. The van der Waals surface area contributed by atoms with E-state index >= 15 is 0 Å². The Bertz CT molecular complexity index is 365. The van der Waals surface area contributed by atoms with Gasteiger partial charge in [-0.15, -0.1) is 0 Å².